The Hall–Kier alpha value is -1.62. The Labute approximate surface area is 136 Å². The highest BCUT2D eigenvalue weighted by atomic mass is 31.2. The Morgan fingerprint density at radius 3 is 2.88 bits per heavy atom. The number of hydrogen-bond acceptors (Lipinski definition) is 10. The van der Waals surface area contributed by atoms with Gasteiger partial charge in [0.15, 0.2) is 17.7 Å². The summed E-state index contributed by atoms with van der Waals surface area (Å²) in [5.41, 5.74) is 6.58. The van der Waals surface area contributed by atoms with E-state index in [2.05, 4.69) is 15.0 Å². The Kier molecular flexibility index (Phi) is 3.60. The summed E-state index contributed by atoms with van der Waals surface area (Å²) < 4.78 is 35.1. The molecule has 2 saturated heterocycles. The van der Waals surface area contributed by atoms with Crippen molar-refractivity contribution in [1.82, 2.24) is 19.5 Å². The largest absolute Gasteiger partial charge is 0.475 e. The van der Waals surface area contributed by atoms with Gasteiger partial charge in [0, 0.05) is 7.11 Å². The Bertz CT molecular complexity index is 829. The van der Waals surface area contributed by atoms with Crippen molar-refractivity contribution in [2.24, 2.45) is 0 Å². The van der Waals surface area contributed by atoms with Crippen molar-refractivity contribution in [2.45, 2.75) is 37.6 Å². The van der Waals surface area contributed by atoms with Crippen LogP contribution in [0, 0.1) is 0 Å². The molecule has 2 unspecified atom stereocenters. The van der Waals surface area contributed by atoms with E-state index < -0.39 is 38.5 Å². The minimum Gasteiger partial charge on any atom is -0.386 e. The zero-order chi connectivity index (χ0) is 17.1. The fraction of sp³-hybridized carbons (Fsp3) is 0.583. The van der Waals surface area contributed by atoms with Gasteiger partial charge in [0.05, 0.1) is 12.4 Å². The fourth-order valence-corrected chi connectivity index (χ4v) is 4.28. The summed E-state index contributed by atoms with van der Waals surface area (Å²) >= 11 is 0. The second-order valence-electron chi connectivity index (χ2n) is 5.58. The van der Waals surface area contributed by atoms with Crippen LogP contribution in [0.25, 0.3) is 11.2 Å². The van der Waals surface area contributed by atoms with Crippen LogP contribution in [0.5, 0.6) is 0 Å². The zero-order valence-electron chi connectivity index (χ0n) is 12.8. The van der Waals surface area contributed by atoms with Gasteiger partial charge >= 0.3 is 7.82 Å². The van der Waals surface area contributed by atoms with Crippen LogP contribution in [-0.4, -0.2) is 56.2 Å². The predicted molar refractivity (Wildman–Crippen MR) is 79.7 cm³/mol. The summed E-state index contributed by atoms with van der Waals surface area (Å²) in [6.45, 7) is 1.67. The summed E-state index contributed by atoms with van der Waals surface area (Å²) in [7, 11) is -2.51. The topological polar surface area (TPSA) is 144 Å². The lowest BCUT2D eigenvalue weighted by Gasteiger charge is -2.34. The number of anilines is 1. The van der Waals surface area contributed by atoms with Crippen molar-refractivity contribution in [3.05, 3.63) is 12.7 Å². The first-order chi connectivity index (χ1) is 11.4. The number of aliphatic hydroxyl groups is 1. The summed E-state index contributed by atoms with van der Waals surface area (Å²) in [6.07, 6.45) is -1.33. The zero-order valence-corrected chi connectivity index (χ0v) is 13.7. The van der Waals surface area contributed by atoms with Crippen LogP contribution in [-0.2, 0) is 22.9 Å². The van der Waals surface area contributed by atoms with Crippen molar-refractivity contribution in [1.29, 1.82) is 0 Å². The molecule has 3 N–H and O–H groups in total. The average molecular weight is 357 g/mol. The van der Waals surface area contributed by atoms with Gasteiger partial charge in [-0.2, -0.15) is 0 Å². The molecule has 0 radical (unpaired) electrons. The van der Waals surface area contributed by atoms with Crippen LogP contribution in [0.15, 0.2) is 12.7 Å². The number of rotatable bonds is 2. The molecule has 2 aromatic rings. The third-order valence-electron chi connectivity index (χ3n) is 4.14. The number of nitrogen functional groups attached to an aromatic ring is 1. The Morgan fingerprint density at radius 2 is 2.12 bits per heavy atom. The number of phosphoric acid groups is 1. The van der Waals surface area contributed by atoms with Crippen molar-refractivity contribution in [2.75, 3.05) is 12.8 Å². The molecule has 2 aliphatic heterocycles. The maximum absolute atomic E-state index is 12.3. The number of fused-ring (bicyclic) bond motifs is 2. The number of nitrogens with two attached hydrogens (primary N) is 1. The van der Waals surface area contributed by atoms with Gasteiger partial charge in [-0.3, -0.25) is 18.1 Å². The number of hydrogen-bond donors (Lipinski definition) is 2. The van der Waals surface area contributed by atoms with E-state index in [9.17, 15) is 9.67 Å². The van der Waals surface area contributed by atoms with Crippen molar-refractivity contribution in [3.8, 4) is 0 Å². The van der Waals surface area contributed by atoms with E-state index in [1.54, 1.807) is 6.92 Å². The van der Waals surface area contributed by atoms with Crippen molar-refractivity contribution < 1.29 is 28.0 Å². The SMILES string of the molecule is COP1(=O)O[C@@H](C)C2O[C@@H](n3cnc4c(N)ncnc43)[C@H](O)[C@@H]2O1. The third-order valence-corrected chi connectivity index (χ3v) is 5.68. The molecule has 0 amide bonds. The molecule has 4 rings (SSSR count). The van der Waals surface area contributed by atoms with E-state index in [0.717, 1.165) is 0 Å². The highest BCUT2D eigenvalue weighted by Crippen LogP contribution is 2.58. The van der Waals surface area contributed by atoms with Crippen LogP contribution in [0.1, 0.15) is 13.2 Å². The molecule has 130 valence electrons. The van der Waals surface area contributed by atoms with Crippen LogP contribution < -0.4 is 5.73 Å². The smallest absolute Gasteiger partial charge is 0.386 e. The van der Waals surface area contributed by atoms with Gasteiger partial charge < -0.3 is 15.6 Å². The fourth-order valence-electron chi connectivity index (χ4n) is 2.99. The van der Waals surface area contributed by atoms with Crippen molar-refractivity contribution in [3.63, 3.8) is 0 Å². The van der Waals surface area contributed by atoms with E-state index in [1.807, 2.05) is 0 Å². The van der Waals surface area contributed by atoms with E-state index in [-0.39, 0.29) is 5.82 Å². The molecule has 0 aromatic carbocycles. The molecule has 0 saturated carbocycles. The predicted octanol–water partition coefficient (Wildman–Crippen LogP) is 0.225. The maximum Gasteiger partial charge on any atom is 0.475 e. The molecule has 2 aliphatic rings. The van der Waals surface area contributed by atoms with E-state index >= 15 is 0 Å². The first kappa shape index (κ1) is 15.9. The monoisotopic (exact) mass is 357 g/mol. The van der Waals surface area contributed by atoms with E-state index in [1.165, 1.54) is 24.3 Å². The summed E-state index contributed by atoms with van der Waals surface area (Å²) in [6, 6.07) is 0. The number of imidazole rings is 1. The van der Waals surface area contributed by atoms with Crippen LogP contribution in [0.3, 0.4) is 0 Å². The first-order valence-corrected chi connectivity index (χ1v) is 8.68. The molecule has 11 nitrogen and oxygen atoms in total. The highest BCUT2D eigenvalue weighted by molar-refractivity contribution is 7.48. The molecule has 24 heavy (non-hydrogen) atoms. The third kappa shape index (κ3) is 2.25. The molecule has 0 bridgehead atoms. The van der Waals surface area contributed by atoms with Gasteiger partial charge in [0.2, 0.25) is 0 Å². The molecule has 2 fully saturated rings. The summed E-state index contributed by atoms with van der Waals surface area (Å²) in [5, 5.41) is 10.6. The van der Waals surface area contributed by atoms with Gasteiger partial charge in [0.25, 0.3) is 0 Å². The summed E-state index contributed by atoms with van der Waals surface area (Å²) in [5.74, 6) is 0.223. The second-order valence-corrected chi connectivity index (χ2v) is 7.26. The normalized spacial score (nSPS) is 39.2. The van der Waals surface area contributed by atoms with Crippen LogP contribution in [0.4, 0.5) is 5.82 Å². The lowest BCUT2D eigenvalue weighted by molar-refractivity contribution is -0.101. The Morgan fingerprint density at radius 1 is 1.33 bits per heavy atom. The maximum atomic E-state index is 12.3. The molecular formula is C12H16N5O6P. The van der Waals surface area contributed by atoms with Gasteiger partial charge in [-0.15, -0.1) is 0 Å². The molecule has 4 heterocycles. The lowest BCUT2D eigenvalue weighted by Crippen LogP contribution is -2.44. The van der Waals surface area contributed by atoms with Gasteiger partial charge in [-0.05, 0) is 6.92 Å². The van der Waals surface area contributed by atoms with Crippen LogP contribution >= 0.6 is 7.82 Å². The minimum atomic E-state index is -3.73. The number of aromatic nitrogens is 4. The van der Waals surface area contributed by atoms with E-state index in [0.29, 0.717) is 11.2 Å². The molecular weight excluding hydrogens is 341 g/mol. The molecule has 0 aliphatic carbocycles. The quantitative estimate of drug-likeness (QED) is 0.716. The van der Waals surface area contributed by atoms with Gasteiger partial charge in [-0.1, -0.05) is 0 Å². The van der Waals surface area contributed by atoms with Gasteiger partial charge in [-0.25, -0.2) is 19.5 Å². The number of nitrogens with zero attached hydrogens (tertiary/aromatic N) is 4. The second kappa shape index (κ2) is 5.45. The van der Waals surface area contributed by atoms with Crippen molar-refractivity contribution >= 4 is 24.8 Å². The minimum absolute atomic E-state index is 0.223. The first-order valence-electron chi connectivity index (χ1n) is 7.22. The lowest BCUT2D eigenvalue weighted by atomic mass is 10.1. The average Bonchev–Trinajstić information content (AvgIpc) is 3.11. The number of phosphoric ester groups is 1. The molecule has 12 heteroatoms. The number of aliphatic hydroxyl groups excluding tert-OH is 1. The molecule has 2 aromatic heterocycles. The number of ether oxygens (including phenoxy) is 1. The molecule has 0 spiro atoms. The van der Waals surface area contributed by atoms with Gasteiger partial charge in [0.1, 0.15) is 30.2 Å². The summed E-state index contributed by atoms with van der Waals surface area (Å²) in [4.78, 5) is 12.1. The van der Waals surface area contributed by atoms with E-state index in [4.69, 9.17) is 24.0 Å². The van der Waals surface area contributed by atoms with Crippen LogP contribution in [0.2, 0.25) is 0 Å². The highest BCUT2D eigenvalue weighted by Gasteiger charge is 2.56. The standard InChI is InChI=1S/C12H16N5O6P/c1-5-8-9(23-24(19,20-2)22-5)7(18)12(21-8)17-4-16-6-10(13)14-3-15-11(6)17/h3-5,7-9,12,18H,1-2H3,(H2,13,14,15)/t5-,7+,8?,9-,12+,24?/m0/s1. The molecule has 6 atom stereocenters. The Balaban J connectivity index is 1.71.